The lowest BCUT2D eigenvalue weighted by atomic mass is 10.2. The maximum Gasteiger partial charge on any atom is 0.306 e. The van der Waals surface area contributed by atoms with E-state index in [2.05, 4.69) is 0 Å². The zero-order valence-corrected chi connectivity index (χ0v) is 8.41. The number of esters is 1. The monoisotopic (exact) mass is 190 g/mol. The first-order valence-electron chi connectivity index (χ1n) is 4.49. The molecule has 0 rings (SSSR count). The summed E-state index contributed by atoms with van der Waals surface area (Å²) >= 11 is 0. The van der Waals surface area contributed by atoms with Gasteiger partial charge in [0.05, 0.1) is 12.5 Å². The van der Waals surface area contributed by atoms with Gasteiger partial charge in [-0.15, -0.1) is 0 Å². The van der Waals surface area contributed by atoms with Gasteiger partial charge in [0.15, 0.2) is 5.79 Å². The molecule has 78 valence electrons. The predicted molar refractivity (Wildman–Crippen MR) is 47.9 cm³/mol. The van der Waals surface area contributed by atoms with Crippen molar-refractivity contribution in [3.05, 3.63) is 0 Å². The molecule has 0 saturated carbocycles. The molecule has 4 heteroatoms. The Labute approximate surface area is 78.5 Å². The highest BCUT2D eigenvalue weighted by atomic mass is 16.5. The van der Waals surface area contributed by atoms with Crippen molar-refractivity contribution < 1.29 is 19.7 Å². The lowest BCUT2D eigenvalue weighted by Crippen LogP contribution is -2.25. The van der Waals surface area contributed by atoms with Gasteiger partial charge in [-0.05, 0) is 20.3 Å². The van der Waals surface area contributed by atoms with Gasteiger partial charge in [0.1, 0.15) is 0 Å². The fraction of sp³-hybridized carbons (Fsp3) is 0.889. The first kappa shape index (κ1) is 12.4. The predicted octanol–water partition coefficient (Wildman–Crippen LogP) is 0.809. The molecule has 0 aromatic heterocycles. The van der Waals surface area contributed by atoms with Crippen LogP contribution in [0.25, 0.3) is 0 Å². The van der Waals surface area contributed by atoms with Crippen LogP contribution < -0.4 is 0 Å². The maximum absolute atomic E-state index is 11.0. The van der Waals surface area contributed by atoms with Crippen molar-refractivity contribution in [2.45, 2.75) is 51.9 Å². The second-order valence-corrected chi connectivity index (χ2v) is 3.43. The Hall–Kier alpha value is -0.610. The van der Waals surface area contributed by atoms with E-state index in [0.29, 0.717) is 0 Å². The second kappa shape index (κ2) is 5.19. The number of hydrogen-bond acceptors (Lipinski definition) is 4. The average Bonchev–Trinajstić information content (AvgIpc) is 1.99. The van der Waals surface area contributed by atoms with Crippen molar-refractivity contribution in [3.8, 4) is 0 Å². The van der Waals surface area contributed by atoms with Gasteiger partial charge in [-0.1, -0.05) is 6.92 Å². The molecule has 0 fully saturated rings. The van der Waals surface area contributed by atoms with Crippen LogP contribution in [0.2, 0.25) is 0 Å². The van der Waals surface area contributed by atoms with E-state index in [1.807, 2.05) is 6.92 Å². The fourth-order valence-corrected chi connectivity index (χ4v) is 0.706. The summed E-state index contributed by atoms with van der Waals surface area (Å²) in [5.41, 5.74) is 0. The largest absolute Gasteiger partial charge is 0.463 e. The van der Waals surface area contributed by atoms with Gasteiger partial charge in [-0.2, -0.15) is 0 Å². The van der Waals surface area contributed by atoms with E-state index < -0.39 is 5.79 Å². The van der Waals surface area contributed by atoms with E-state index in [4.69, 9.17) is 14.9 Å². The van der Waals surface area contributed by atoms with E-state index in [0.717, 1.165) is 6.42 Å². The van der Waals surface area contributed by atoms with Crippen LogP contribution in [0.5, 0.6) is 0 Å². The molecular weight excluding hydrogens is 172 g/mol. The highest BCUT2D eigenvalue weighted by Gasteiger charge is 2.18. The van der Waals surface area contributed by atoms with E-state index in [-0.39, 0.29) is 24.9 Å². The smallest absolute Gasteiger partial charge is 0.306 e. The molecule has 0 aliphatic carbocycles. The fourth-order valence-electron chi connectivity index (χ4n) is 0.706. The van der Waals surface area contributed by atoms with Crippen LogP contribution in [-0.4, -0.2) is 28.1 Å². The van der Waals surface area contributed by atoms with Gasteiger partial charge in [0, 0.05) is 6.42 Å². The molecule has 0 aromatic carbocycles. The molecule has 0 aliphatic rings. The maximum atomic E-state index is 11.0. The van der Waals surface area contributed by atoms with Crippen LogP contribution in [0.4, 0.5) is 0 Å². The van der Waals surface area contributed by atoms with Crippen molar-refractivity contribution >= 4 is 5.97 Å². The first-order chi connectivity index (χ1) is 5.85. The third-order valence-corrected chi connectivity index (χ3v) is 1.71. The minimum Gasteiger partial charge on any atom is -0.463 e. The Kier molecular flexibility index (Phi) is 4.95. The van der Waals surface area contributed by atoms with E-state index in [9.17, 15) is 4.79 Å². The molecule has 0 radical (unpaired) electrons. The lowest BCUT2D eigenvalue weighted by molar-refractivity contribution is -0.165. The van der Waals surface area contributed by atoms with E-state index in [1.54, 1.807) is 6.92 Å². The highest BCUT2D eigenvalue weighted by molar-refractivity contribution is 5.69. The van der Waals surface area contributed by atoms with Crippen molar-refractivity contribution in [1.82, 2.24) is 0 Å². The quantitative estimate of drug-likeness (QED) is 0.497. The highest BCUT2D eigenvalue weighted by Crippen LogP contribution is 2.09. The van der Waals surface area contributed by atoms with Crippen LogP contribution in [0.1, 0.15) is 40.0 Å². The zero-order chi connectivity index (χ0) is 10.5. The standard InChI is InChI=1S/C9H18O4/c1-4-7(2)13-8(10)5-6-9(3,11)12/h7,11-12H,4-6H2,1-3H3. The van der Waals surface area contributed by atoms with Crippen molar-refractivity contribution in [3.63, 3.8) is 0 Å². The van der Waals surface area contributed by atoms with Gasteiger partial charge >= 0.3 is 5.97 Å². The second-order valence-electron chi connectivity index (χ2n) is 3.43. The third-order valence-electron chi connectivity index (χ3n) is 1.71. The summed E-state index contributed by atoms with van der Waals surface area (Å²) in [5.74, 6) is -2.17. The van der Waals surface area contributed by atoms with Crippen LogP contribution in [0.3, 0.4) is 0 Å². The summed E-state index contributed by atoms with van der Waals surface area (Å²) in [5, 5.41) is 17.8. The van der Waals surface area contributed by atoms with Gasteiger partial charge in [0.2, 0.25) is 0 Å². The van der Waals surface area contributed by atoms with Gasteiger partial charge in [-0.3, -0.25) is 4.79 Å². The summed E-state index contributed by atoms with van der Waals surface area (Å²) in [6.07, 6.45) is 0.702. The molecule has 0 spiro atoms. The minimum absolute atomic E-state index is 0.00225. The Morgan fingerprint density at radius 1 is 1.54 bits per heavy atom. The third kappa shape index (κ3) is 7.74. The Balaban J connectivity index is 3.64. The van der Waals surface area contributed by atoms with Crippen LogP contribution in [0.15, 0.2) is 0 Å². The number of aliphatic hydroxyl groups is 2. The number of rotatable bonds is 5. The summed E-state index contributed by atoms with van der Waals surface area (Å²) in [6.45, 7) is 4.96. The summed E-state index contributed by atoms with van der Waals surface area (Å²) in [6, 6.07) is 0. The van der Waals surface area contributed by atoms with Crippen molar-refractivity contribution in [2.75, 3.05) is 0 Å². The molecular formula is C9H18O4. The van der Waals surface area contributed by atoms with Gasteiger partial charge in [0.25, 0.3) is 0 Å². The summed E-state index contributed by atoms with van der Waals surface area (Å²) < 4.78 is 4.93. The molecule has 13 heavy (non-hydrogen) atoms. The Bertz CT molecular complexity index is 159. The molecule has 2 N–H and O–H groups in total. The topological polar surface area (TPSA) is 66.8 Å². The van der Waals surface area contributed by atoms with Crippen LogP contribution in [0, 0.1) is 0 Å². The molecule has 1 atom stereocenters. The number of carbonyl (C=O) groups excluding carboxylic acids is 1. The molecule has 0 heterocycles. The first-order valence-corrected chi connectivity index (χ1v) is 4.49. The summed E-state index contributed by atoms with van der Waals surface area (Å²) in [7, 11) is 0. The van der Waals surface area contributed by atoms with E-state index in [1.165, 1.54) is 6.92 Å². The van der Waals surface area contributed by atoms with Crippen LogP contribution in [-0.2, 0) is 9.53 Å². The number of ether oxygens (including phenoxy) is 1. The molecule has 0 saturated heterocycles. The lowest BCUT2D eigenvalue weighted by Gasteiger charge is -2.16. The van der Waals surface area contributed by atoms with Crippen molar-refractivity contribution in [1.29, 1.82) is 0 Å². The SMILES string of the molecule is CCC(C)OC(=O)CCC(C)(O)O. The Morgan fingerprint density at radius 2 is 2.08 bits per heavy atom. The molecule has 1 unspecified atom stereocenters. The molecule has 0 aromatic rings. The minimum atomic E-state index is -1.78. The van der Waals surface area contributed by atoms with Crippen LogP contribution >= 0.6 is 0 Å². The van der Waals surface area contributed by atoms with E-state index >= 15 is 0 Å². The van der Waals surface area contributed by atoms with Crippen molar-refractivity contribution in [2.24, 2.45) is 0 Å². The average molecular weight is 190 g/mol. The molecule has 4 nitrogen and oxygen atoms in total. The number of hydrogen-bond donors (Lipinski definition) is 2. The van der Waals surface area contributed by atoms with Gasteiger partial charge in [-0.25, -0.2) is 0 Å². The molecule has 0 bridgehead atoms. The molecule has 0 amide bonds. The zero-order valence-electron chi connectivity index (χ0n) is 8.41. The normalized spacial score (nSPS) is 13.9. The molecule has 0 aliphatic heterocycles. The summed E-state index contributed by atoms with van der Waals surface area (Å²) in [4.78, 5) is 11.0. The number of carbonyl (C=O) groups is 1. The Morgan fingerprint density at radius 3 is 2.46 bits per heavy atom. The van der Waals surface area contributed by atoms with Gasteiger partial charge < -0.3 is 14.9 Å².